The summed E-state index contributed by atoms with van der Waals surface area (Å²) in [6.45, 7) is 1.77. The van der Waals surface area contributed by atoms with Crippen LogP contribution >= 0.6 is 0 Å². The van der Waals surface area contributed by atoms with Crippen molar-refractivity contribution in [3.8, 4) is 0 Å². The summed E-state index contributed by atoms with van der Waals surface area (Å²) in [5.74, 6) is 0. The molecule has 0 aliphatic carbocycles. The van der Waals surface area contributed by atoms with E-state index in [4.69, 9.17) is 0 Å². The van der Waals surface area contributed by atoms with Crippen molar-refractivity contribution in [2.45, 2.75) is 18.9 Å². The van der Waals surface area contributed by atoms with Crippen molar-refractivity contribution in [3.63, 3.8) is 0 Å². The predicted molar refractivity (Wildman–Crippen MR) is 67.4 cm³/mol. The summed E-state index contributed by atoms with van der Waals surface area (Å²) in [5, 5.41) is 14.2. The van der Waals surface area contributed by atoms with E-state index in [9.17, 15) is 10.1 Å². The van der Waals surface area contributed by atoms with E-state index < -0.39 is 0 Å². The lowest BCUT2D eigenvalue weighted by atomic mass is 10.2. The first kappa shape index (κ1) is 11.9. The highest BCUT2D eigenvalue weighted by molar-refractivity contribution is 5.64. The minimum absolute atomic E-state index is 0.204. The van der Waals surface area contributed by atoms with Crippen LogP contribution in [0.2, 0.25) is 0 Å². The summed E-state index contributed by atoms with van der Waals surface area (Å²) in [6.07, 6.45) is 2.19. The van der Waals surface area contributed by atoms with Gasteiger partial charge in [0.05, 0.1) is 4.92 Å². The fourth-order valence-corrected chi connectivity index (χ4v) is 2.46. The molecule has 1 aliphatic rings. The van der Waals surface area contributed by atoms with E-state index in [1.54, 1.807) is 12.1 Å². The molecule has 1 fully saturated rings. The normalized spacial score (nSPS) is 19.6. The lowest BCUT2D eigenvalue weighted by Crippen LogP contribution is -2.37. The summed E-state index contributed by atoms with van der Waals surface area (Å²) in [5.41, 5.74) is 0.950. The molecule has 0 spiro atoms. The number of hydrogen-bond donors (Lipinski definition) is 1. The van der Waals surface area contributed by atoms with E-state index in [0.717, 1.165) is 31.6 Å². The SMILES string of the molecule is CNCC1CCCN1c1ccccc1[N+](=O)[O-]. The van der Waals surface area contributed by atoms with Gasteiger partial charge in [-0.3, -0.25) is 10.1 Å². The molecule has 1 aliphatic heterocycles. The zero-order valence-corrected chi connectivity index (χ0v) is 9.93. The number of nitrogens with one attached hydrogen (secondary N) is 1. The molecule has 1 aromatic rings. The Balaban J connectivity index is 2.29. The van der Waals surface area contributed by atoms with Crippen molar-refractivity contribution in [2.75, 3.05) is 25.0 Å². The van der Waals surface area contributed by atoms with Crippen LogP contribution in [-0.4, -0.2) is 31.1 Å². The van der Waals surface area contributed by atoms with Crippen LogP contribution in [0.1, 0.15) is 12.8 Å². The minimum atomic E-state index is -0.302. The zero-order valence-electron chi connectivity index (χ0n) is 9.93. The number of likely N-dealkylation sites (N-methyl/N-ethyl adjacent to an activating group) is 1. The molecule has 0 saturated carbocycles. The lowest BCUT2D eigenvalue weighted by Gasteiger charge is -2.26. The Bertz CT molecular complexity index is 408. The Morgan fingerprint density at radius 1 is 1.53 bits per heavy atom. The van der Waals surface area contributed by atoms with Gasteiger partial charge in [-0.05, 0) is 26.0 Å². The zero-order chi connectivity index (χ0) is 12.3. The van der Waals surface area contributed by atoms with Gasteiger partial charge in [-0.1, -0.05) is 12.1 Å². The molecule has 1 atom stereocenters. The maximum absolute atomic E-state index is 11.0. The third-order valence-electron chi connectivity index (χ3n) is 3.20. The van der Waals surface area contributed by atoms with Crippen molar-refractivity contribution >= 4 is 11.4 Å². The molecule has 1 saturated heterocycles. The highest BCUT2D eigenvalue weighted by Gasteiger charge is 2.28. The molecule has 1 N–H and O–H groups in total. The average Bonchev–Trinajstić information content (AvgIpc) is 2.77. The van der Waals surface area contributed by atoms with Gasteiger partial charge in [-0.25, -0.2) is 0 Å². The average molecular weight is 235 g/mol. The quantitative estimate of drug-likeness (QED) is 0.638. The van der Waals surface area contributed by atoms with Crippen LogP contribution < -0.4 is 10.2 Å². The van der Waals surface area contributed by atoms with Crippen LogP contribution in [0, 0.1) is 10.1 Å². The van der Waals surface area contributed by atoms with E-state index in [2.05, 4.69) is 10.2 Å². The second-order valence-electron chi connectivity index (χ2n) is 4.29. The van der Waals surface area contributed by atoms with Gasteiger partial charge in [-0.2, -0.15) is 0 Å². The van der Waals surface area contributed by atoms with Gasteiger partial charge in [0.25, 0.3) is 5.69 Å². The molecule has 1 aromatic carbocycles. The van der Waals surface area contributed by atoms with E-state index >= 15 is 0 Å². The largest absolute Gasteiger partial charge is 0.362 e. The fraction of sp³-hybridized carbons (Fsp3) is 0.500. The third kappa shape index (κ3) is 2.39. The van der Waals surface area contributed by atoms with Crippen LogP contribution in [0.15, 0.2) is 24.3 Å². The molecule has 0 radical (unpaired) electrons. The molecule has 2 rings (SSSR count). The number of para-hydroxylation sites is 2. The van der Waals surface area contributed by atoms with Crippen molar-refractivity contribution in [2.24, 2.45) is 0 Å². The van der Waals surface area contributed by atoms with Crippen molar-refractivity contribution in [3.05, 3.63) is 34.4 Å². The van der Waals surface area contributed by atoms with Gasteiger partial charge in [0, 0.05) is 25.2 Å². The number of nitrogens with zero attached hydrogens (tertiary/aromatic N) is 2. The van der Waals surface area contributed by atoms with Gasteiger partial charge in [-0.15, -0.1) is 0 Å². The molecule has 0 bridgehead atoms. The molecular formula is C12H17N3O2. The molecule has 92 valence electrons. The monoisotopic (exact) mass is 235 g/mol. The molecule has 1 heterocycles. The maximum Gasteiger partial charge on any atom is 0.292 e. The van der Waals surface area contributed by atoms with Crippen molar-refractivity contribution < 1.29 is 4.92 Å². The first-order valence-corrected chi connectivity index (χ1v) is 5.88. The molecule has 5 heteroatoms. The highest BCUT2D eigenvalue weighted by atomic mass is 16.6. The summed E-state index contributed by atoms with van der Waals surface area (Å²) < 4.78 is 0. The predicted octanol–water partition coefficient (Wildman–Crippen LogP) is 1.78. The van der Waals surface area contributed by atoms with E-state index in [1.165, 1.54) is 0 Å². The van der Waals surface area contributed by atoms with E-state index in [0.29, 0.717) is 6.04 Å². The van der Waals surface area contributed by atoms with Gasteiger partial charge >= 0.3 is 0 Å². The number of nitro groups is 1. The second-order valence-corrected chi connectivity index (χ2v) is 4.29. The summed E-state index contributed by atoms with van der Waals surface area (Å²) in [7, 11) is 1.91. The summed E-state index contributed by atoms with van der Waals surface area (Å²) >= 11 is 0. The van der Waals surface area contributed by atoms with Gasteiger partial charge < -0.3 is 10.2 Å². The second kappa shape index (κ2) is 5.14. The van der Waals surface area contributed by atoms with E-state index in [-0.39, 0.29) is 10.6 Å². The standard InChI is InChI=1S/C12H17N3O2/c1-13-9-10-5-4-8-14(10)11-6-2-3-7-12(11)15(16)17/h2-3,6-7,10,13H,4-5,8-9H2,1H3. The molecule has 1 unspecified atom stereocenters. The summed E-state index contributed by atoms with van der Waals surface area (Å²) in [6, 6.07) is 7.35. The van der Waals surface area contributed by atoms with Crippen LogP contribution in [0.3, 0.4) is 0 Å². The Labute approximate surface area is 101 Å². The van der Waals surface area contributed by atoms with Crippen LogP contribution in [0.25, 0.3) is 0 Å². The minimum Gasteiger partial charge on any atom is -0.362 e. The first-order valence-electron chi connectivity index (χ1n) is 5.88. The van der Waals surface area contributed by atoms with Crippen LogP contribution in [0.4, 0.5) is 11.4 Å². The number of rotatable bonds is 4. The van der Waals surface area contributed by atoms with Crippen LogP contribution in [0.5, 0.6) is 0 Å². The number of anilines is 1. The molecule has 0 aromatic heterocycles. The Morgan fingerprint density at radius 2 is 2.29 bits per heavy atom. The number of benzene rings is 1. The first-order chi connectivity index (χ1) is 8.24. The maximum atomic E-state index is 11.0. The van der Waals surface area contributed by atoms with E-state index in [1.807, 2.05) is 19.2 Å². The fourth-order valence-electron chi connectivity index (χ4n) is 2.46. The van der Waals surface area contributed by atoms with Gasteiger partial charge in [0.2, 0.25) is 0 Å². The third-order valence-corrected chi connectivity index (χ3v) is 3.20. The summed E-state index contributed by atoms with van der Waals surface area (Å²) in [4.78, 5) is 12.9. The van der Waals surface area contributed by atoms with Crippen molar-refractivity contribution in [1.82, 2.24) is 5.32 Å². The van der Waals surface area contributed by atoms with Crippen molar-refractivity contribution in [1.29, 1.82) is 0 Å². The highest BCUT2D eigenvalue weighted by Crippen LogP contribution is 2.32. The molecule has 17 heavy (non-hydrogen) atoms. The number of nitro benzene ring substituents is 1. The topological polar surface area (TPSA) is 58.4 Å². The van der Waals surface area contributed by atoms with Crippen LogP contribution in [-0.2, 0) is 0 Å². The Morgan fingerprint density at radius 3 is 3.00 bits per heavy atom. The smallest absolute Gasteiger partial charge is 0.292 e. The Hall–Kier alpha value is -1.62. The Kier molecular flexibility index (Phi) is 3.58. The molecular weight excluding hydrogens is 218 g/mol. The molecule has 0 amide bonds. The lowest BCUT2D eigenvalue weighted by molar-refractivity contribution is -0.384. The number of hydrogen-bond acceptors (Lipinski definition) is 4. The van der Waals surface area contributed by atoms with Gasteiger partial charge in [0.15, 0.2) is 0 Å². The molecule has 5 nitrogen and oxygen atoms in total. The van der Waals surface area contributed by atoms with Gasteiger partial charge in [0.1, 0.15) is 5.69 Å².